The molecule has 0 saturated heterocycles. The number of nitrogens with zero attached hydrogens (tertiary/aromatic N) is 1. The number of rotatable bonds is 3. The van der Waals surface area contributed by atoms with Gasteiger partial charge in [0.15, 0.2) is 0 Å². The van der Waals surface area contributed by atoms with Gasteiger partial charge in [0.25, 0.3) is 0 Å². The standard InChI is InChI=1S/C44H27NO/c1-2-12-32(13-3-1)45-41-17-9-8-16-37(41)38-20-18-31(26-42(38)45)34-22-21-33(35-14-6-7-15-36(34)35)30-19-23-43-39(25-30)40-24-28-10-4-5-11-29(28)27-44(40)46-43/h1-27H. The smallest absolute Gasteiger partial charge is 0.136 e. The summed E-state index contributed by atoms with van der Waals surface area (Å²) in [6, 6.07) is 59.1. The molecule has 0 spiro atoms. The molecular weight excluding hydrogens is 558 g/mol. The summed E-state index contributed by atoms with van der Waals surface area (Å²) in [6.07, 6.45) is 0. The molecule has 0 amide bonds. The molecule has 0 saturated carbocycles. The minimum atomic E-state index is 0.914. The molecule has 214 valence electrons. The van der Waals surface area contributed by atoms with Gasteiger partial charge in [0.1, 0.15) is 11.2 Å². The van der Waals surface area contributed by atoms with Gasteiger partial charge in [-0.05, 0) is 92.3 Å². The van der Waals surface area contributed by atoms with Crippen molar-refractivity contribution in [1.29, 1.82) is 0 Å². The van der Waals surface area contributed by atoms with Crippen molar-refractivity contribution in [2.24, 2.45) is 0 Å². The SMILES string of the molecule is c1ccc(-n2c3ccccc3c3ccc(-c4ccc(-c5ccc6oc7cc8ccccc8cc7c6c5)c5ccccc45)cc32)cc1. The first-order valence-corrected chi connectivity index (χ1v) is 15.8. The lowest BCUT2D eigenvalue weighted by Crippen LogP contribution is -1.93. The van der Waals surface area contributed by atoms with E-state index in [1.807, 2.05) is 0 Å². The van der Waals surface area contributed by atoms with Gasteiger partial charge < -0.3 is 8.98 Å². The Kier molecular flexibility index (Phi) is 5.31. The highest BCUT2D eigenvalue weighted by Crippen LogP contribution is 2.41. The van der Waals surface area contributed by atoms with E-state index < -0.39 is 0 Å². The largest absolute Gasteiger partial charge is 0.456 e. The Morgan fingerprint density at radius 2 is 0.935 bits per heavy atom. The highest BCUT2D eigenvalue weighted by Gasteiger charge is 2.16. The van der Waals surface area contributed by atoms with Gasteiger partial charge in [-0.1, -0.05) is 115 Å². The monoisotopic (exact) mass is 585 g/mol. The van der Waals surface area contributed by atoms with Crippen LogP contribution in [0.25, 0.3) is 93.2 Å². The van der Waals surface area contributed by atoms with Gasteiger partial charge in [-0.15, -0.1) is 0 Å². The van der Waals surface area contributed by atoms with Crippen LogP contribution in [-0.4, -0.2) is 4.57 Å². The van der Waals surface area contributed by atoms with E-state index in [-0.39, 0.29) is 0 Å². The van der Waals surface area contributed by atoms with E-state index >= 15 is 0 Å². The molecule has 0 bridgehead atoms. The van der Waals surface area contributed by atoms with E-state index in [0.29, 0.717) is 0 Å². The summed E-state index contributed by atoms with van der Waals surface area (Å²) in [6.45, 7) is 0. The van der Waals surface area contributed by atoms with Gasteiger partial charge in [-0.3, -0.25) is 0 Å². The van der Waals surface area contributed by atoms with Crippen molar-refractivity contribution >= 4 is 65.3 Å². The van der Waals surface area contributed by atoms with Crippen molar-refractivity contribution in [3.63, 3.8) is 0 Å². The maximum absolute atomic E-state index is 6.31. The molecule has 2 heteroatoms. The fourth-order valence-electron chi connectivity index (χ4n) is 7.43. The number of hydrogen-bond acceptors (Lipinski definition) is 1. The van der Waals surface area contributed by atoms with E-state index in [4.69, 9.17) is 4.42 Å². The van der Waals surface area contributed by atoms with Gasteiger partial charge in [0.05, 0.1) is 11.0 Å². The summed E-state index contributed by atoms with van der Waals surface area (Å²) in [5.74, 6) is 0. The molecule has 0 aliphatic carbocycles. The molecule has 0 aliphatic heterocycles. The van der Waals surface area contributed by atoms with Crippen molar-refractivity contribution in [3.05, 3.63) is 164 Å². The fourth-order valence-corrected chi connectivity index (χ4v) is 7.43. The minimum Gasteiger partial charge on any atom is -0.456 e. The van der Waals surface area contributed by atoms with Crippen LogP contribution in [0.1, 0.15) is 0 Å². The third kappa shape index (κ3) is 3.71. The number of furan rings is 1. The summed E-state index contributed by atoms with van der Waals surface area (Å²) in [4.78, 5) is 0. The summed E-state index contributed by atoms with van der Waals surface area (Å²) < 4.78 is 8.70. The topological polar surface area (TPSA) is 18.1 Å². The number of para-hydroxylation sites is 2. The van der Waals surface area contributed by atoms with E-state index in [1.165, 1.54) is 71.3 Å². The van der Waals surface area contributed by atoms with Gasteiger partial charge >= 0.3 is 0 Å². The van der Waals surface area contributed by atoms with Crippen molar-refractivity contribution in [2.75, 3.05) is 0 Å². The first-order chi connectivity index (χ1) is 22.8. The molecule has 2 aromatic heterocycles. The first kappa shape index (κ1) is 25.2. The van der Waals surface area contributed by atoms with Crippen LogP contribution in [0, 0.1) is 0 Å². The van der Waals surface area contributed by atoms with Crippen LogP contribution in [0.3, 0.4) is 0 Å². The van der Waals surface area contributed by atoms with E-state index in [2.05, 4.69) is 168 Å². The number of fused-ring (bicyclic) bond motifs is 8. The molecule has 10 rings (SSSR count). The van der Waals surface area contributed by atoms with Crippen molar-refractivity contribution < 1.29 is 4.42 Å². The zero-order valence-corrected chi connectivity index (χ0v) is 24.9. The van der Waals surface area contributed by atoms with Gasteiger partial charge in [0.2, 0.25) is 0 Å². The lowest BCUT2D eigenvalue weighted by molar-refractivity contribution is 0.669. The minimum absolute atomic E-state index is 0.914. The third-order valence-corrected chi connectivity index (χ3v) is 9.57. The molecule has 8 aromatic carbocycles. The summed E-state index contributed by atoms with van der Waals surface area (Å²) >= 11 is 0. The van der Waals surface area contributed by atoms with Crippen molar-refractivity contribution in [3.8, 4) is 27.9 Å². The van der Waals surface area contributed by atoms with Gasteiger partial charge in [-0.25, -0.2) is 0 Å². The van der Waals surface area contributed by atoms with Crippen molar-refractivity contribution in [2.45, 2.75) is 0 Å². The molecule has 0 unspecified atom stereocenters. The highest BCUT2D eigenvalue weighted by atomic mass is 16.3. The maximum Gasteiger partial charge on any atom is 0.136 e. The van der Waals surface area contributed by atoms with Crippen LogP contribution in [0.2, 0.25) is 0 Å². The molecule has 2 nitrogen and oxygen atoms in total. The van der Waals surface area contributed by atoms with Crippen LogP contribution in [-0.2, 0) is 0 Å². The molecular formula is C44H27NO. The first-order valence-electron chi connectivity index (χ1n) is 15.8. The number of aromatic nitrogens is 1. The molecule has 2 heterocycles. The Labute approximate surface area is 265 Å². The molecule has 0 N–H and O–H groups in total. The summed E-state index contributed by atoms with van der Waals surface area (Å²) in [7, 11) is 0. The maximum atomic E-state index is 6.31. The summed E-state index contributed by atoms with van der Waals surface area (Å²) in [5, 5.41) is 9.72. The van der Waals surface area contributed by atoms with Crippen LogP contribution in [0.5, 0.6) is 0 Å². The Bertz CT molecular complexity index is 2800. The Morgan fingerprint density at radius 3 is 1.72 bits per heavy atom. The summed E-state index contributed by atoms with van der Waals surface area (Å²) in [5.41, 5.74) is 10.3. The molecule has 10 aromatic rings. The third-order valence-electron chi connectivity index (χ3n) is 9.57. The van der Waals surface area contributed by atoms with Crippen LogP contribution in [0.15, 0.2) is 168 Å². The Hall–Kier alpha value is -6.12. The normalized spacial score (nSPS) is 11.9. The molecule has 0 radical (unpaired) electrons. The van der Waals surface area contributed by atoms with E-state index in [1.54, 1.807) is 0 Å². The van der Waals surface area contributed by atoms with Crippen molar-refractivity contribution in [1.82, 2.24) is 4.57 Å². The van der Waals surface area contributed by atoms with Crippen LogP contribution >= 0.6 is 0 Å². The zero-order chi connectivity index (χ0) is 30.2. The average Bonchev–Trinajstić information content (AvgIpc) is 3.64. The Balaban J connectivity index is 1.17. The van der Waals surface area contributed by atoms with E-state index in [9.17, 15) is 0 Å². The molecule has 46 heavy (non-hydrogen) atoms. The van der Waals surface area contributed by atoms with Crippen LogP contribution in [0.4, 0.5) is 0 Å². The number of hydrogen-bond donors (Lipinski definition) is 0. The quantitative estimate of drug-likeness (QED) is 0.202. The lowest BCUT2D eigenvalue weighted by atomic mass is 9.91. The second-order valence-corrected chi connectivity index (χ2v) is 12.1. The molecule has 0 atom stereocenters. The van der Waals surface area contributed by atoms with Crippen LogP contribution < -0.4 is 0 Å². The molecule has 0 aliphatic rings. The van der Waals surface area contributed by atoms with Gasteiger partial charge in [0, 0.05) is 27.2 Å². The number of benzene rings is 8. The fraction of sp³-hybridized carbons (Fsp3) is 0. The second-order valence-electron chi connectivity index (χ2n) is 12.1. The predicted molar refractivity (Wildman–Crippen MR) is 194 cm³/mol. The highest BCUT2D eigenvalue weighted by molar-refractivity contribution is 6.14. The zero-order valence-electron chi connectivity index (χ0n) is 24.9. The predicted octanol–water partition coefficient (Wildman–Crippen LogP) is 12.3. The average molecular weight is 586 g/mol. The van der Waals surface area contributed by atoms with E-state index in [0.717, 1.165) is 21.9 Å². The Morgan fingerprint density at radius 1 is 0.348 bits per heavy atom. The van der Waals surface area contributed by atoms with Gasteiger partial charge in [-0.2, -0.15) is 0 Å². The second kappa shape index (κ2) is 9.69. The lowest BCUT2D eigenvalue weighted by Gasteiger charge is -2.13. The molecule has 0 fully saturated rings.